The Morgan fingerprint density at radius 3 is 2.41 bits per heavy atom. The van der Waals surface area contributed by atoms with Crippen LogP contribution < -0.4 is 5.73 Å². The number of nitrogens with two attached hydrogens (primary N) is 1. The number of hydrogen-bond acceptors (Lipinski definition) is 2. The molecule has 0 fully saturated rings. The van der Waals surface area contributed by atoms with Gasteiger partial charge in [-0.3, -0.25) is 0 Å². The third-order valence-electron chi connectivity index (χ3n) is 2.40. The predicted octanol–water partition coefficient (Wildman–Crippen LogP) is 3.58. The van der Waals surface area contributed by atoms with Gasteiger partial charge in [-0.1, -0.05) is 24.3 Å². The van der Waals surface area contributed by atoms with Crippen LogP contribution in [0.1, 0.15) is 11.1 Å². The van der Waals surface area contributed by atoms with Crippen LogP contribution in [0.25, 0.3) is 0 Å². The first-order valence-corrected chi connectivity index (χ1v) is 6.43. The molecule has 0 saturated carbocycles. The average Bonchev–Trinajstić information content (AvgIpc) is 2.37. The van der Waals surface area contributed by atoms with Crippen LogP contribution in [-0.4, -0.2) is 0 Å². The van der Waals surface area contributed by atoms with Crippen molar-refractivity contribution in [1.82, 2.24) is 0 Å². The van der Waals surface area contributed by atoms with E-state index in [4.69, 9.17) is 5.73 Å². The van der Waals surface area contributed by atoms with Crippen molar-refractivity contribution in [2.75, 3.05) is 0 Å². The van der Waals surface area contributed by atoms with Gasteiger partial charge in [-0.05, 0) is 35.4 Å². The number of thioether (sulfide) groups is 1. The van der Waals surface area contributed by atoms with E-state index >= 15 is 0 Å². The molecule has 2 aromatic rings. The van der Waals surface area contributed by atoms with E-state index < -0.39 is 0 Å². The molecule has 0 saturated heterocycles. The Labute approximate surface area is 105 Å². The van der Waals surface area contributed by atoms with Crippen molar-refractivity contribution in [3.8, 4) is 0 Å². The lowest BCUT2D eigenvalue weighted by molar-refractivity contribution is 0.624. The van der Waals surface area contributed by atoms with E-state index in [1.54, 1.807) is 17.8 Å². The zero-order valence-electron chi connectivity index (χ0n) is 9.40. The van der Waals surface area contributed by atoms with Gasteiger partial charge >= 0.3 is 0 Å². The molecule has 0 spiro atoms. The van der Waals surface area contributed by atoms with Gasteiger partial charge in [-0.2, -0.15) is 0 Å². The Bertz CT molecular complexity index is 485. The molecule has 17 heavy (non-hydrogen) atoms. The average molecular weight is 247 g/mol. The molecular weight excluding hydrogens is 233 g/mol. The number of hydrogen-bond donors (Lipinski definition) is 1. The molecule has 0 aromatic heterocycles. The highest BCUT2D eigenvalue weighted by atomic mass is 32.2. The highest BCUT2D eigenvalue weighted by Gasteiger charge is 2.01. The fourth-order valence-electron chi connectivity index (χ4n) is 1.60. The first-order chi connectivity index (χ1) is 8.28. The molecular formula is C14H14FNS. The normalized spacial score (nSPS) is 10.5. The molecule has 0 aliphatic rings. The molecule has 2 N–H and O–H groups in total. The van der Waals surface area contributed by atoms with Crippen LogP contribution in [0.4, 0.5) is 4.39 Å². The SMILES string of the molecule is NCc1cc(F)cc(CSc2ccccc2)c1. The summed E-state index contributed by atoms with van der Waals surface area (Å²) in [5, 5.41) is 0. The molecule has 1 nitrogen and oxygen atoms in total. The monoisotopic (exact) mass is 247 g/mol. The van der Waals surface area contributed by atoms with Crippen molar-refractivity contribution in [3.63, 3.8) is 0 Å². The molecule has 0 atom stereocenters. The van der Waals surface area contributed by atoms with Gasteiger partial charge < -0.3 is 5.73 Å². The second-order valence-corrected chi connectivity index (χ2v) is 4.82. The minimum Gasteiger partial charge on any atom is -0.326 e. The summed E-state index contributed by atoms with van der Waals surface area (Å²) >= 11 is 1.69. The van der Waals surface area contributed by atoms with E-state index in [1.165, 1.54) is 11.0 Å². The quantitative estimate of drug-likeness (QED) is 0.836. The zero-order chi connectivity index (χ0) is 12.1. The van der Waals surface area contributed by atoms with Gasteiger partial charge in [-0.25, -0.2) is 4.39 Å². The molecule has 0 radical (unpaired) electrons. The van der Waals surface area contributed by atoms with Gasteiger partial charge in [-0.15, -0.1) is 11.8 Å². The van der Waals surface area contributed by atoms with Crippen LogP contribution in [-0.2, 0) is 12.3 Å². The summed E-state index contributed by atoms with van der Waals surface area (Å²) in [5.41, 5.74) is 7.33. The van der Waals surface area contributed by atoms with Gasteiger partial charge in [0.05, 0.1) is 0 Å². The summed E-state index contributed by atoms with van der Waals surface area (Å²) < 4.78 is 13.3. The largest absolute Gasteiger partial charge is 0.326 e. The summed E-state index contributed by atoms with van der Waals surface area (Å²) in [6.07, 6.45) is 0. The smallest absolute Gasteiger partial charge is 0.123 e. The highest BCUT2D eigenvalue weighted by molar-refractivity contribution is 7.98. The molecule has 0 aliphatic heterocycles. The Kier molecular flexibility index (Phi) is 4.18. The van der Waals surface area contributed by atoms with Crippen LogP contribution in [0.2, 0.25) is 0 Å². The fourth-order valence-corrected chi connectivity index (χ4v) is 2.45. The zero-order valence-corrected chi connectivity index (χ0v) is 10.2. The molecule has 0 heterocycles. The van der Waals surface area contributed by atoms with E-state index in [2.05, 4.69) is 0 Å². The van der Waals surface area contributed by atoms with Gasteiger partial charge in [0.15, 0.2) is 0 Å². The van der Waals surface area contributed by atoms with Gasteiger partial charge in [0.1, 0.15) is 5.82 Å². The lowest BCUT2D eigenvalue weighted by Crippen LogP contribution is -1.98. The van der Waals surface area contributed by atoms with E-state index in [0.29, 0.717) is 6.54 Å². The molecule has 2 rings (SSSR count). The maximum atomic E-state index is 13.3. The highest BCUT2D eigenvalue weighted by Crippen LogP contribution is 2.23. The van der Waals surface area contributed by atoms with Gasteiger partial charge in [0.25, 0.3) is 0 Å². The maximum absolute atomic E-state index is 13.3. The summed E-state index contributed by atoms with van der Waals surface area (Å²) in [5.74, 6) is 0.547. The van der Waals surface area contributed by atoms with Gasteiger partial charge in [0.2, 0.25) is 0 Å². The Morgan fingerprint density at radius 1 is 1.00 bits per heavy atom. The van der Waals surface area contributed by atoms with Crippen molar-refractivity contribution in [2.45, 2.75) is 17.2 Å². The lowest BCUT2D eigenvalue weighted by atomic mass is 10.1. The second kappa shape index (κ2) is 5.84. The lowest BCUT2D eigenvalue weighted by Gasteiger charge is -2.05. The fraction of sp³-hybridized carbons (Fsp3) is 0.143. The van der Waals surface area contributed by atoms with Crippen LogP contribution in [0, 0.1) is 5.82 Å². The Balaban J connectivity index is 2.06. The summed E-state index contributed by atoms with van der Waals surface area (Å²) in [4.78, 5) is 1.19. The van der Waals surface area contributed by atoms with Crippen LogP contribution >= 0.6 is 11.8 Å². The van der Waals surface area contributed by atoms with Crippen LogP contribution in [0.15, 0.2) is 53.4 Å². The van der Waals surface area contributed by atoms with E-state index in [-0.39, 0.29) is 5.82 Å². The Hall–Kier alpha value is -1.32. The van der Waals surface area contributed by atoms with Crippen molar-refractivity contribution < 1.29 is 4.39 Å². The van der Waals surface area contributed by atoms with Gasteiger partial charge in [0, 0.05) is 17.2 Å². The van der Waals surface area contributed by atoms with Crippen molar-refractivity contribution in [1.29, 1.82) is 0 Å². The van der Waals surface area contributed by atoms with Crippen LogP contribution in [0.5, 0.6) is 0 Å². The summed E-state index contributed by atoms with van der Waals surface area (Å²) in [7, 11) is 0. The second-order valence-electron chi connectivity index (χ2n) is 3.77. The van der Waals surface area contributed by atoms with Crippen molar-refractivity contribution in [2.24, 2.45) is 5.73 Å². The van der Waals surface area contributed by atoms with Crippen LogP contribution in [0.3, 0.4) is 0 Å². The molecule has 0 amide bonds. The summed E-state index contributed by atoms with van der Waals surface area (Å²) in [6.45, 7) is 0.376. The molecule has 0 aliphatic carbocycles. The molecule has 2 aromatic carbocycles. The van der Waals surface area contributed by atoms with Crippen molar-refractivity contribution in [3.05, 3.63) is 65.5 Å². The number of benzene rings is 2. The standard InChI is InChI=1S/C14H14FNS/c15-13-7-11(9-16)6-12(8-13)10-17-14-4-2-1-3-5-14/h1-8H,9-10,16H2. The van der Waals surface area contributed by atoms with E-state index in [9.17, 15) is 4.39 Å². The molecule has 88 valence electrons. The minimum absolute atomic E-state index is 0.211. The first-order valence-electron chi connectivity index (χ1n) is 5.44. The third kappa shape index (κ3) is 3.58. The maximum Gasteiger partial charge on any atom is 0.123 e. The Morgan fingerprint density at radius 2 is 1.71 bits per heavy atom. The molecule has 0 unspecified atom stereocenters. The summed E-state index contributed by atoms with van der Waals surface area (Å²) in [6, 6.07) is 15.1. The third-order valence-corrected chi connectivity index (χ3v) is 3.48. The van der Waals surface area contributed by atoms with E-state index in [1.807, 2.05) is 36.4 Å². The van der Waals surface area contributed by atoms with E-state index in [0.717, 1.165) is 16.9 Å². The molecule has 0 bridgehead atoms. The number of halogens is 1. The van der Waals surface area contributed by atoms with Crippen molar-refractivity contribution >= 4 is 11.8 Å². The first kappa shape index (κ1) is 12.1. The number of rotatable bonds is 4. The molecule has 3 heteroatoms. The minimum atomic E-state index is -0.211. The topological polar surface area (TPSA) is 26.0 Å². The predicted molar refractivity (Wildman–Crippen MR) is 70.3 cm³/mol.